The first kappa shape index (κ1) is 5.81. The Balaban J connectivity index is 2.79. The fraction of sp³-hybridized carbons (Fsp3) is 0.500. The van der Waals surface area contributed by atoms with Crippen molar-refractivity contribution in [2.75, 3.05) is 6.61 Å². The van der Waals surface area contributed by atoms with Crippen molar-refractivity contribution >= 4 is 11.6 Å². The highest BCUT2D eigenvalue weighted by atomic mass is 35.5. The molecule has 0 atom stereocenters. The van der Waals surface area contributed by atoms with Crippen molar-refractivity contribution in [2.24, 2.45) is 0 Å². The molecule has 0 aliphatic rings. The molecule has 0 aromatic heterocycles. The van der Waals surface area contributed by atoms with Gasteiger partial charge in [0.05, 0.1) is 6.61 Å². The lowest BCUT2D eigenvalue weighted by Gasteiger charge is -1.67. The SMILES string of the molecule is [O]CCC#CCl. The Labute approximate surface area is 41.9 Å². The monoisotopic (exact) mass is 103 g/mol. The Kier molecular flexibility index (Phi) is 4.66. The fourth-order valence-corrected chi connectivity index (χ4v) is 0.193. The standard InChI is InChI=1S/C4H4ClO/c5-3-1-2-4-6/h2,4H2. The molecule has 0 heterocycles. The lowest BCUT2D eigenvalue weighted by molar-refractivity contribution is 0.201. The average molecular weight is 104 g/mol. The van der Waals surface area contributed by atoms with E-state index in [1.165, 1.54) is 0 Å². The van der Waals surface area contributed by atoms with Crippen LogP contribution in [0.1, 0.15) is 6.42 Å². The van der Waals surface area contributed by atoms with Crippen molar-refractivity contribution in [2.45, 2.75) is 6.42 Å². The van der Waals surface area contributed by atoms with Crippen LogP contribution in [0.5, 0.6) is 0 Å². The minimum atomic E-state index is -0.153. The van der Waals surface area contributed by atoms with Gasteiger partial charge in [-0.2, -0.15) is 0 Å². The Morgan fingerprint density at radius 1 is 1.67 bits per heavy atom. The molecule has 0 saturated carbocycles. The number of hydrogen-bond acceptors (Lipinski definition) is 0. The Bertz CT molecular complexity index is 69.4. The molecule has 0 unspecified atom stereocenters. The highest BCUT2D eigenvalue weighted by molar-refractivity contribution is 6.30. The summed E-state index contributed by atoms with van der Waals surface area (Å²) in [7, 11) is 0. The van der Waals surface area contributed by atoms with Gasteiger partial charge in [-0.05, 0) is 11.6 Å². The first-order valence-electron chi connectivity index (χ1n) is 1.58. The molecule has 33 valence electrons. The van der Waals surface area contributed by atoms with Crippen molar-refractivity contribution < 1.29 is 5.11 Å². The van der Waals surface area contributed by atoms with Gasteiger partial charge in [-0.25, -0.2) is 5.11 Å². The maximum absolute atomic E-state index is 9.53. The minimum Gasteiger partial charge on any atom is -0.236 e. The molecule has 0 aliphatic heterocycles. The number of rotatable bonds is 1. The highest BCUT2D eigenvalue weighted by Gasteiger charge is 1.68. The van der Waals surface area contributed by atoms with Gasteiger partial charge in [0.25, 0.3) is 0 Å². The Hall–Kier alpha value is -0.190. The van der Waals surface area contributed by atoms with E-state index in [0.717, 1.165) is 0 Å². The van der Waals surface area contributed by atoms with Crippen LogP contribution in [0.15, 0.2) is 0 Å². The van der Waals surface area contributed by atoms with E-state index < -0.39 is 0 Å². The molecule has 6 heavy (non-hydrogen) atoms. The van der Waals surface area contributed by atoms with Crippen LogP contribution in [-0.2, 0) is 5.11 Å². The molecular formula is C4H4ClO. The van der Waals surface area contributed by atoms with Gasteiger partial charge < -0.3 is 0 Å². The normalized spacial score (nSPS) is 6.33. The first-order valence-corrected chi connectivity index (χ1v) is 1.96. The third kappa shape index (κ3) is 3.81. The molecule has 0 saturated heterocycles. The molecule has 0 aliphatic carbocycles. The van der Waals surface area contributed by atoms with E-state index in [1.807, 2.05) is 0 Å². The molecule has 2 heteroatoms. The van der Waals surface area contributed by atoms with Gasteiger partial charge in [0.1, 0.15) is 0 Å². The third-order valence-electron chi connectivity index (χ3n) is 0.294. The molecule has 0 aromatic carbocycles. The van der Waals surface area contributed by atoms with E-state index in [0.29, 0.717) is 6.42 Å². The Morgan fingerprint density at radius 3 is 2.50 bits per heavy atom. The van der Waals surface area contributed by atoms with Gasteiger partial charge in [0.15, 0.2) is 0 Å². The van der Waals surface area contributed by atoms with Gasteiger partial charge >= 0.3 is 0 Å². The van der Waals surface area contributed by atoms with Crippen LogP contribution < -0.4 is 0 Å². The molecule has 0 N–H and O–H groups in total. The van der Waals surface area contributed by atoms with E-state index in [9.17, 15) is 5.11 Å². The maximum Gasteiger partial charge on any atom is 0.0931 e. The molecule has 1 nitrogen and oxygen atoms in total. The quantitative estimate of drug-likeness (QED) is 0.442. The van der Waals surface area contributed by atoms with E-state index in [4.69, 9.17) is 11.6 Å². The van der Waals surface area contributed by atoms with Crippen LogP contribution in [0.3, 0.4) is 0 Å². The van der Waals surface area contributed by atoms with E-state index in [2.05, 4.69) is 11.3 Å². The van der Waals surface area contributed by atoms with Gasteiger partial charge in [-0.1, -0.05) is 5.92 Å². The first-order chi connectivity index (χ1) is 2.91. The topological polar surface area (TPSA) is 19.9 Å². The minimum absolute atomic E-state index is 0.153. The van der Waals surface area contributed by atoms with E-state index in [1.54, 1.807) is 0 Å². The van der Waals surface area contributed by atoms with Gasteiger partial charge in [0.2, 0.25) is 0 Å². The largest absolute Gasteiger partial charge is 0.236 e. The van der Waals surface area contributed by atoms with Crippen molar-refractivity contribution in [1.82, 2.24) is 0 Å². The number of halogens is 1. The molecule has 1 radical (unpaired) electrons. The maximum atomic E-state index is 9.53. The zero-order valence-corrected chi connectivity index (χ0v) is 3.96. The second-order valence-electron chi connectivity index (χ2n) is 0.725. The van der Waals surface area contributed by atoms with Crippen molar-refractivity contribution in [3.05, 3.63) is 0 Å². The predicted octanol–water partition coefficient (Wildman–Crippen LogP) is 1.01. The summed E-state index contributed by atoms with van der Waals surface area (Å²) in [5, 5.41) is 11.6. The van der Waals surface area contributed by atoms with Crippen LogP contribution >= 0.6 is 11.6 Å². The van der Waals surface area contributed by atoms with Gasteiger partial charge in [-0.3, -0.25) is 0 Å². The summed E-state index contributed by atoms with van der Waals surface area (Å²) >= 11 is 4.88. The zero-order chi connectivity index (χ0) is 4.83. The lowest BCUT2D eigenvalue weighted by atomic mass is 10.5. The highest BCUT2D eigenvalue weighted by Crippen LogP contribution is 1.70. The van der Waals surface area contributed by atoms with Crippen LogP contribution in [0.2, 0.25) is 0 Å². The zero-order valence-electron chi connectivity index (χ0n) is 3.20. The van der Waals surface area contributed by atoms with Crippen molar-refractivity contribution in [3.8, 4) is 11.3 Å². The molecule has 0 fully saturated rings. The summed E-state index contributed by atoms with van der Waals surface area (Å²) < 4.78 is 0. The van der Waals surface area contributed by atoms with Gasteiger partial charge in [-0.15, -0.1) is 0 Å². The summed E-state index contributed by atoms with van der Waals surface area (Å²) in [6.07, 6.45) is 0.365. The predicted molar refractivity (Wildman–Crippen MR) is 23.8 cm³/mol. The molecule has 0 bridgehead atoms. The van der Waals surface area contributed by atoms with Gasteiger partial charge in [0, 0.05) is 11.8 Å². The summed E-state index contributed by atoms with van der Waals surface area (Å²) in [5.41, 5.74) is 0. The lowest BCUT2D eigenvalue weighted by Crippen LogP contribution is -1.70. The fourth-order valence-electron chi connectivity index (χ4n) is 0.0983. The molecule has 0 spiro atoms. The van der Waals surface area contributed by atoms with Crippen molar-refractivity contribution in [1.29, 1.82) is 0 Å². The van der Waals surface area contributed by atoms with E-state index in [-0.39, 0.29) is 6.61 Å². The number of hydrogen-bond donors (Lipinski definition) is 0. The average Bonchev–Trinajstić information content (AvgIpc) is 1.61. The van der Waals surface area contributed by atoms with Crippen LogP contribution in [-0.4, -0.2) is 6.61 Å². The second kappa shape index (κ2) is 4.81. The smallest absolute Gasteiger partial charge is 0.0931 e. The molecule has 0 amide bonds. The molecular weight excluding hydrogens is 99.5 g/mol. The third-order valence-corrected chi connectivity index (χ3v) is 0.428. The van der Waals surface area contributed by atoms with Crippen LogP contribution in [0, 0.1) is 11.3 Å². The van der Waals surface area contributed by atoms with E-state index >= 15 is 0 Å². The summed E-state index contributed by atoms with van der Waals surface area (Å²) in [4.78, 5) is 0. The summed E-state index contributed by atoms with van der Waals surface area (Å²) in [5.74, 6) is 2.40. The Morgan fingerprint density at radius 2 is 2.33 bits per heavy atom. The molecule has 0 aromatic rings. The summed E-state index contributed by atoms with van der Waals surface area (Å²) in [6, 6.07) is 0. The molecule has 0 rings (SSSR count). The van der Waals surface area contributed by atoms with Crippen LogP contribution in [0.4, 0.5) is 0 Å². The van der Waals surface area contributed by atoms with Crippen LogP contribution in [0.25, 0.3) is 0 Å². The summed E-state index contributed by atoms with van der Waals surface area (Å²) in [6.45, 7) is -0.153. The van der Waals surface area contributed by atoms with Crippen molar-refractivity contribution in [3.63, 3.8) is 0 Å². The second-order valence-corrected chi connectivity index (χ2v) is 0.914.